The number of carbonyl (C=O) groups is 5. The number of hydrogen-bond donors (Lipinski definition) is 9. The first-order valence-electron chi connectivity index (χ1n) is 10.7. The summed E-state index contributed by atoms with van der Waals surface area (Å²) in [6, 6.07) is -5.19. The predicted octanol–water partition coefficient (Wildman–Crippen LogP) is -4.18. The van der Waals surface area contributed by atoms with Crippen molar-refractivity contribution in [2.45, 2.75) is 63.7 Å². The zero-order valence-electron chi connectivity index (χ0n) is 19.3. The van der Waals surface area contributed by atoms with Gasteiger partial charge in [0.2, 0.25) is 23.6 Å². The third-order valence-electron chi connectivity index (χ3n) is 4.93. The molecule has 0 saturated carbocycles. The number of amides is 4. The zero-order valence-corrected chi connectivity index (χ0v) is 19.3. The van der Waals surface area contributed by atoms with Crippen LogP contribution in [0.4, 0.5) is 0 Å². The zero-order chi connectivity index (χ0) is 26.4. The van der Waals surface area contributed by atoms with E-state index in [1.165, 1.54) is 0 Å². The first kappa shape index (κ1) is 30.5. The largest absolute Gasteiger partial charge is 0.480 e. The van der Waals surface area contributed by atoms with Crippen LogP contribution in [0.15, 0.2) is 4.99 Å². The van der Waals surface area contributed by atoms with Crippen molar-refractivity contribution in [3.8, 4) is 0 Å². The Kier molecular flexibility index (Phi) is 13.8. The van der Waals surface area contributed by atoms with E-state index in [1.54, 1.807) is 13.8 Å². The van der Waals surface area contributed by atoms with Crippen LogP contribution in [0, 0.1) is 5.92 Å². The number of hydrogen-bond acceptors (Lipinski definition) is 8. The SMILES string of the molecule is CCC(C)C(NC(=O)C(CCCN=C(N)N)NC(=O)C(N)CC(N)=O)C(=O)NC(CO)C(=O)O. The van der Waals surface area contributed by atoms with Gasteiger partial charge in [-0.3, -0.25) is 24.2 Å². The van der Waals surface area contributed by atoms with Crippen molar-refractivity contribution in [2.24, 2.45) is 33.8 Å². The quantitative estimate of drug-likeness (QED) is 0.0573. The molecule has 0 aromatic carbocycles. The molecule has 15 heteroatoms. The molecule has 0 bridgehead atoms. The Morgan fingerprint density at radius 1 is 0.941 bits per heavy atom. The van der Waals surface area contributed by atoms with E-state index < -0.39 is 72.7 Å². The predicted molar refractivity (Wildman–Crippen MR) is 122 cm³/mol. The third-order valence-corrected chi connectivity index (χ3v) is 4.93. The number of carbonyl (C=O) groups excluding carboxylic acids is 4. The number of nitrogens with zero attached hydrogens (tertiary/aromatic N) is 1. The topological polar surface area (TPSA) is 278 Å². The minimum Gasteiger partial charge on any atom is -0.480 e. The van der Waals surface area contributed by atoms with Gasteiger partial charge in [0.25, 0.3) is 0 Å². The number of nitrogens with two attached hydrogens (primary N) is 4. The Bertz CT molecular complexity index is 757. The van der Waals surface area contributed by atoms with E-state index in [1.807, 2.05) is 0 Å². The third kappa shape index (κ3) is 11.4. The van der Waals surface area contributed by atoms with E-state index in [9.17, 15) is 24.0 Å². The minimum absolute atomic E-state index is 0.0564. The summed E-state index contributed by atoms with van der Waals surface area (Å²) in [7, 11) is 0. The average Bonchev–Trinajstić information content (AvgIpc) is 2.75. The van der Waals surface area contributed by atoms with Crippen molar-refractivity contribution >= 4 is 35.6 Å². The summed E-state index contributed by atoms with van der Waals surface area (Å²) in [4.78, 5) is 64.0. The van der Waals surface area contributed by atoms with Crippen molar-refractivity contribution in [1.29, 1.82) is 0 Å². The fourth-order valence-electron chi connectivity index (χ4n) is 2.76. The molecule has 5 atom stereocenters. The van der Waals surface area contributed by atoms with Crippen LogP contribution in [-0.4, -0.2) is 83.1 Å². The normalized spacial score (nSPS) is 15.1. The minimum atomic E-state index is -1.56. The van der Waals surface area contributed by atoms with Gasteiger partial charge >= 0.3 is 5.97 Å². The van der Waals surface area contributed by atoms with Crippen LogP contribution in [0.3, 0.4) is 0 Å². The van der Waals surface area contributed by atoms with E-state index in [0.717, 1.165) is 0 Å². The van der Waals surface area contributed by atoms with Crippen molar-refractivity contribution < 1.29 is 34.2 Å². The summed E-state index contributed by atoms with van der Waals surface area (Å²) in [6.45, 7) is 2.73. The van der Waals surface area contributed by atoms with Gasteiger partial charge < -0.3 is 49.1 Å². The lowest BCUT2D eigenvalue weighted by Gasteiger charge is -2.27. The Labute approximate surface area is 197 Å². The molecule has 0 aromatic heterocycles. The average molecular weight is 489 g/mol. The molecular weight excluding hydrogens is 452 g/mol. The molecule has 194 valence electrons. The monoisotopic (exact) mass is 488 g/mol. The molecule has 0 aliphatic rings. The number of carboxylic acids is 1. The lowest BCUT2D eigenvalue weighted by atomic mass is 9.97. The molecule has 13 N–H and O–H groups in total. The van der Waals surface area contributed by atoms with Gasteiger partial charge in [0.1, 0.15) is 18.1 Å². The van der Waals surface area contributed by atoms with Gasteiger partial charge in [0, 0.05) is 6.54 Å². The molecule has 0 heterocycles. The number of aliphatic hydroxyl groups is 1. The summed E-state index contributed by atoms with van der Waals surface area (Å²) < 4.78 is 0. The summed E-state index contributed by atoms with van der Waals surface area (Å²) in [5, 5.41) is 25.3. The van der Waals surface area contributed by atoms with Gasteiger partial charge in [-0.05, 0) is 18.8 Å². The molecule has 0 saturated heterocycles. The highest BCUT2D eigenvalue weighted by Gasteiger charge is 2.32. The first-order valence-corrected chi connectivity index (χ1v) is 10.7. The molecule has 15 nitrogen and oxygen atoms in total. The molecule has 0 spiro atoms. The van der Waals surface area contributed by atoms with Crippen molar-refractivity contribution in [2.75, 3.05) is 13.2 Å². The van der Waals surface area contributed by atoms with Crippen molar-refractivity contribution in [3.63, 3.8) is 0 Å². The van der Waals surface area contributed by atoms with Crippen LogP contribution in [0.25, 0.3) is 0 Å². The number of nitrogens with one attached hydrogen (secondary N) is 3. The van der Waals surface area contributed by atoms with E-state index in [-0.39, 0.29) is 25.3 Å². The number of aliphatic carboxylic acids is 1. The molecule has 0 aliphatic heterocycles. The van der Waals surface area contributed by atoms with E-state index in [4.69, 9.17) is 33.1 Å². The molecule has 5 unspecified atom stereocenters. The van der Waals surface area contributed by atoms with Crippen molar-refractivity contribution in [3.05, 3.63) is 0 Å². The molecule has 0 rings (SSSR count). The first-order chi connectivity index (χ1) is 15.8. The van der Waals surface area contributed by atoms with E-state index in [2.05, 4.69) is 20.9 Å². The molecule has 0 aromatic rings. The summed E-state index contributed by atoms with van der Waals surface area (Å²) in [5.74, 6) is -5.20. The van der Waals surface area contributed by atoms with Crippen LogP contribution < -0.4 is 38.9 Å². The number of aliphatic imine (C=N–C) groups is 1. The highest BCUT2D eigenvalue weighted by molar-refractivity contribution is 5.95. The second-order valence-electron chi connectivity index (χ2n) is 7.74. The highest BCUT2D eigenvalue weighted by atomic mass is 16.4. The number of rotatable bonds is 16. The highest BCUT2D eigenvalue weighted by Crippen LogP contribution is 2.10. The van der Waals surface area contributed by atoms with Gasteiger partial charge in [0.15, 0.2) is 5.96 Å². The Morgan fingerprint density at radius 2 is 1.53 bits per heavy atom. The maximum Gasteiger partial charge on any atom is 0.328 e. The molecule has 0 radical (unpaired) electrons. The van der Waals surface area contributed by atoms with Gasteiger partial charge in [-0.25, -0.2) is 4.79 Å². The summed E-state index contributed by atoms with van der Waals surface area (Å²) in [5.41, 5.74) is 21.2. The Balaban J connectivity index is 5.59. The second-order valence-corrected chi connectivity index (χ2v) is 7.74. The maximum absolute atomic E-state index is 13.0. The molecular formula is C19H36N8O7. The van der Waals surface area contributed by atoms with Crippen LogP contribution >= 0.6 is 0 Å². The molecule has 4 amide bonds. The number of aliphatic hydroxyl groups excluding tert-OH is 1. The van der Waals surface area contributed by atoms with Gasteiger partial charge in [-0.2, -0.15) is 0 Å². The van der Waals surface area contributed by atoms with Gasteiger partial charge in [-0.15, -0.1) is 0 Å². The van der Waals surface area contributed by atoms with E-state index >= 15 is 0 Å². The summed E-state index contributed by atoms with van der Waals surface area (Å²) >= 11 is 0. The molecule has 0 fully saturated rings. The fourth-order valence-corrected chi connectivity index (χ4v) is 2.76. The van der Waals surface area contributed by atoms with Crippen LogP contribution in [0.1, 0.15) is 39.5 Å². The summed E-state index contributed by atoms with van der Waals surface area (Å²) in [6.07, 6.45) is 0.331. The Hall–Kier alpha value is -3.46. The molecule has 34 heavy (non-hydrogen) atoms. The van der Waals surface area contributed by atoms with Gasteiger partial charge in [-0.1, -0.05) is 20.3 Å². The number of guanidine groups is 1. The fraction of sp³-hybridized carbons (Fsp3) is 0.684. The standard InChI is InChI=1S/C19H36N8O7/c1-3-9(2)14(17(32)26-12(8-28)18(33)34)27-16(31)11(5-4-6-24-19(22)23)25-15(30)10(20)7-13(21)29/h9-12,14,28H,3-8,20H2,1-2H3,(H2,21,29)(H,25,30)(H,26,32)(H,27,31)(H,33,34)(H4,22,23,24). The van der Waals surface area contributed by atoms with Crippen LogP contribution in [0.2, 0.25) is 0 Å². The second kappa shape index (κ2) is 15.4. The van der Waals surface area contributed by atoms with Gasteiger partial charge in [0.05, 0.1) is 19.1 Å². The molecule has 0 aliphatic carbocycles. The smallest absolute Gasteiger partial charge is 0.328 e. The van der Waals surface area contributed by atoms with Crippen LogP contribution in [0.5, 0.6) is 0 Å². The lowest BCUT2D eigenvalue weighted by molar-refractivity contribution is -0.143. The number of carboxylic acid groups (broad SMARTS) is 1. The Morgan fingerprint density at radius 3 is 2.00 bits per heavy atom. The van der Waals surface area contributed by atoms with Crippen molar-refractivity contribution in [1.82, 2.24) is 16.0 Å². The lowest BCUT2D eigenvalue weighted by Crippen LogP contribution is -2.59. The van der Waals surface area contributed by atoms with Crippen LogP contribution in [-0.2, 0) is 24.0 Å². The number of primary amides is 1. The van der Waals surface area contributed by atoms with E-state index in [0.29, 0.717) is 6.42 Å². The maximum atomic E-state index is 13.0.